The first-order valence-corrected chi connectivity index (χ1v) is 9.02. The molecule has 1 amide bonds. The molecular formula is C19H17N3O2S. The van der Waals surface area contributed by atoms with Crippen LogP contribution < -0.4 is 10.5 Å². The molecule has 0 bridgehead atoms. The van der Waals surface area contributed by atoms with Gasteiger partial charge >= 0.3 is 0 Å². The summed E-state index contributed by atoms with van der Waals surface area (Å²) in [6, 6.07) is 13.3. The number of amides is 1. The number of carbonyl (C=O) groups is 1. The molecule has 1 aliphatic heterocycles. The number of nitrogens with zero attached hydrogens (tertiary/aromatic N) is 3. The first kappa shape index (κ1) is 15.8. The first-order chi connectivity index (χ1) is 12.1. The third kappa shape index (κ3) is 2.89. The van der Waals surface area contributed by atoms with Gasteiger partial charge in [0.15, 0.2) is 0 Å². The minimum absolute atomic E-state index is 0.00473. The van der Waals surface area contributed by atoms with E-state index in [2.05, 4.69) is 4.98 Å². The summed E-state index contributed by atoms with van der Waals surface area (Å²) >= 11 is 1.53. The van der Waals surface area contributed by atoms with Gasteiger partial charge in [0, 0.05) is 17.8 Å². The van der Waals surface area contributed by atoms with Gasteiger partial charge in [0.05, 0.1) is 16.9 Å². The van der Waals surface area contributed by atoms with E-state index in [0.29, 0.717) is 5.69 Å². The first-order valence-electron chi connectivity index (χ1n) is 8.14. The van der Waals surface area contributed by atoms with Crippen LogP contribution in [0.5, 0.6) is 0 Å². The average molecular weight is 351 g/mol. The second kappa shape index (κ2) is 6.29. The Kier molecular flexibility index (Phi) is 3.97. The SMILES string of the molecule is CC1Cc2ccccc2N1C(=O)Cn1cnc(-c2cccs2)cc1=O. The Morgan fingerprint density at radius 2 is 2.12 bits per heavy atom. The lowest BCUT2D eigenvalue weighted by Gasteiger charge is -2.23. The third-order valence-electron chi connectivity index (χ3n) is 4.43. The lowest BCUT2D eigenvalue weighted by Crippen LogP contribution is -2.39. The largest absolute Gasteiger partial charge is 0.307 e. The maximum Gasteiger partial charge on any atom is 0.254 e. The summed E-state index contributed by atoms with van der Waals surface area (Å²) in [5.41, 5.74) is 2.54. The van der Waals surface area contributed by atoms with Crippen LogP contribution in [0.4, 0.5) is 5.69 Å². The van der Waals surface area contributed by atoms with Crippen LogP contribution in [0.25, 0.3) is 10.6 Å². The Morgan fingerprint density at radius 1 is 1.28 bits per heavy atom. The maximum absolute atomic E-state index is 12.8. The van der Waals surface area contributed by atoms with Crippen molar-refractivity contribution in [1.82, 2.24) is 9.55 Å². The molecule has 0 aliphatic carbocycles. The fourth-order valence-electron chi connectivity index (χ4n) is 3.27. The van der Waals surface area contributed by atoms with E-state index in [1.165, 1.54) is 33.9 Å². The molecule has 1 aromatic carbocycles. The summed E-state index contributed by atoms with van der Waals surface area (Å²) in [6.45, 7) is 2.02. The van der Waals surface area contributed by atoms with Gasteiger partial charge < -0.3 is 4.90 Å². The van der Waals surface area contributed by atoms with Crippen molar-refractivity contribution in [2.45, 2.75) is 25.9 Å². The molecule has 3 aromatic rings. The monoisotopic (exact) mass is 351 g/mol. The molecule has 3 heterocycles. The fraction of sp³-hybridized carbons (Fsp3) is 0.211. The molecule has 5 nitrogen and oxygen atoms in total. The van der Waals surface area contributed by atoms with Gasteiger partial charge in [-0.15, -0.1) is 11.3 Å². The number of hydrogen-bond donors (Lipinski definition) is 0. The topological polar surface area (TPSA) is 55.2 Å². The van der Waals surface area contributed by atoms with E-state index in [0.717, 1.165) is 17.0 Å². The number of aromatic nitrogens is 2. The summed E-state index contributed by atoms with van der Waals surface area (Å²) in [5.74, 6) is -0.0924. The molecule has 0 saturated carbocycles. The smallest absolute Gasteiger partial charge is 0.254 e. The minimum atomic E-state index is -0.216. The number of para-hydroxylation sites is 1. The molecular weight excluding hydrogens is 334 g/mol. The second-order valence-electron chi connectivity index (χ2n) is 6.16. The minimum Gasteiger partial charge on any atom is -0.307 e. The van der Waals surface area contributed by atoms with Crippen molar-refractivity contribution in [1.29, 1.82) is 0 Å². The standard InChI is InChI=1S/C19H17N3O2S/c1-13-9-14-5-2-3-6-16(14)22(13)19(24)11-21-12-20-15(10-18(21)23)17-7-4-8-25-17/h2-8,10,12-13H,9,11H2,1H3. The molecule has 126 valence electrons. The van der Waals surface area contributed by atoms with Gasteiger partial charge in [0.1, 0.15) is 6.54 Å². The van der Waals surface area contributed by atoms with Crippen LogP contribution >= 0.6 is 11.3 Å². The van der Waals surface area contributed by atoms with Crippen LogP contribution in [0.1, 0.15) is 12.5 Å². The molecule has 0 fully saturated rings. The maximum atomic E-state index is 12.8. The number of fused-ring (bicyclic) bond motifs is 1. The summed E-state index contributed by atoms with van der Waals surface area (Å²) in [4.78, 5) is 32.2. The molecule has 25 heavy (non-hydrogen) atoms. The Morgan fingerprint density at radius 3 is 2.88 bits per heavy atom. The molecule has 2 aromatic heterocycles. The van der Waals surface area contributed by atoms with Crippen LogP contribution in [0.2, 0.25) is 0 Å². The molecule has 6 heteroatoms. The second-order valence-corrected chi connectivity index (χ2v) is 7.11. The summed E-state index contributed by atoms with van der Waals surface area (Å²) < 4.78 is 1.37. The van der Waals surface area contributed by atoms with Crippen LogP contribution in [0, 0.1) is 0 Å². The summed E-state index contributed by atoms with van der Waals surface area (Å²) in [6.07, 6.45) is 2.30. The van der Waals surface area contributed by atoms with Gasteiger partial charge in [0.25, 0.3) is 5.56 Å². The van der Waals surface area contributed by atoms with Gasteiger partial charge in [-0.1, -0.05) is 24.3 Å². The highest BCUT2D eigenvalue weighted by atomic mass is 32.1. The highest BCUT2D eigenvalue weighted by molar-refractivity contribution is 7.13. The number of benzene rings is 1. The van der Waals surface area contributed by atoms with E-state index in [-0.39, 0.29) is 24.1 Å². The molecule has 1 unspecified atom stereocenters. The molecule has 1 atom stereocenters. The van der Waals surface area contributed by atoms with Crippen LogP contribution in [-0.4, -0.2) is 21.5 Å². The third-order valence-corrected chi connectivity index (χ3v) is 5.33. The predicted molar refractivity (Wildman–Crippen MR) is 98.9 cm³/mol. The Hall–Kier alpha value is -2.73. The van der Waals surface area contributed by atoms with Crippen molar-refractivity contribution in [2.24, 2.45) is 0 Å². The number of rotatable bonds is 3. The van der Waals surface area contributed by atoms with Crippen molar-refractivity contribution in [2.75, 3.05) is 4.90 Å². The Labute approximate surface area is 149 Å². The van der Waals surface area contributed by atoms with Gasteiger partial charge in [0.2, 0.25) is 5.91 Å². The van der Waals surface area contributed by atoms with Crippen molar-refractivity contribution in [3.63, 3.8) is 0 Å². The van der Waals surface area contributed by atoms with Crippen molar-refractivity contribution < 1.29 is 4.79 Å². The van der Waals surface area contributed by atoms with E-state index in [1.54, 1.807) is 4.90 Å². The highest BCUT2D eigenvalue weighted by Crippen LogP contribution is 2.31. The van der Waals surface area contributed by atoms with Gasteiger partial charge in [-0.3, -0.25) is 14.2 Å². The van der Waals surface area contributed by atoms with Crippen LogP contribution in [0.15, 0.2) is 59.0 Å². The summed E-state index contributed by atoms with van der Waals surface area (Å²) in [7, 11) is 0. The number of carbonyl (C=O) groups excluding carboxylic acids is 1. The fourth-order valence-corrected chi connectivity index (χ4v) is 3.96. The average Bonchev–Trinajstić information content (AvgIpc) is 3.23. The zero-order valence-electron chi connectivity index (χ0n) is 13.8. The van der Waals surface area contributed by atoms with Gasteiger partial charge in [-0.2, -0.15) is 0 Å². The number of hydrogen-bond acceptors (Lipinski definition) is 4. The molecule has 0 spiro atoms. The van der Waals surface area contributed by atoms with Crippen molar-refractivity contribution in [3.8, 4) is 10.6 Å². The lowest BCUT2D eigenvalue weighted by atomic mass is 10.1. The quantitative estimate of drug-likeness (QED) is 0.729. The molecule has 0 saturated heterocycles. The number of thiophene rings is 1. The van der Waals surface area contributed by atoms with Crippen molar-refractivity contribution >= 4 is 22.9 Å². The molecule has 0 N–H and O–H groups in total. The highest BCUT2D eigenvalue weighted by Gasteiger charge is 2.30. The van der Waals surface area contributed by atoms with E-state index < -0.39 is 0 Å². The van der Waals surface area contributed by atoms with E-state index >= 15 is 0 Å². The van der Waals surface area contributed by atoms with E-state index in [4.69, 9.17) is 0 Å². The summed E-state index contributed by atoms with van der Waals surface area (Å²) in [5, 5.41) is 1.94. The van der Waals surface area contributed by atoms with E-state index in [1.807, 2.05) is 48.7 Å². The van der Waals surface area contributed by atoms with Crippen molar-refractivity contribution in [3.05, 3.63) is 70.1 Å². The van der Waals surface area contributed by atoms with E-state index in [9.17, 15) is 9.59 Å². The van der Waals surface area contributed by atoms with Crippen LogP contribution in [-0.2, 0) is 17.8 Å². The molecule has 0 radical (unpaired) electrons. The predicted octanol–water partition coefficient (Wildman–Crippen LogP) is 2.95. The van der Waals surface area contributed by atoms with Gasteiger partial charge in [-0.25, -0.2) is 4.98 Å². The normalized spacial score (nSPS) is 16.0. The van der Waals surface area contributed by atoms with Gasteiger partial charge in [-0.05, 0) is 36.4 Å². The lowest BCUT2D eigenvalue weighted by molar-refractivity contribution is -0.119. The number of anilines is 1. The Bertz CT molecular complexity index is 978. The zero-order chi connectivity index (χ0) is 17.4. The molecule has 4 rings (SSSR count). The molecule has 1 aliphatic rings. The Balaban J connectivity index is 1.58. The van der Waals surface area contributed by atoms with Crippen LogP contribution in [0.3, 0.4) is 0 Å². The zero-order valence-corrected chi connectivity index (χ0v) is 14.6.